The fourth-order valence-corrected chi connectivity index (χ4v) is 2.82. The van der Waals surface area contributed by atoms with E-state index in [2.05, 4.69) is 26.6 Å². The van der Waals surface area contributed by atoms with Crippen molar-refractivity contribution in [3.05, 3.63) is 28.2 Å². The first kappa shape index (κ1) is 15.2. The SMILES string of the molecule is O=C(Nc1c(F)cc(Br)cc1F)NC1(CO)CCCC1. The molecule has 0 aromatic heterocycles. The lowest BCUT2D eigenvalue weighted by Gasteiger charge is -2.28. The van der Waals surface area contributed by atoms with Crippen LogP contribution in [0.1, 0.15) is 25.7 Å². The van der Waals surface area contributed by atoms with Gasteiger partial charge in [-0.05, 0) is 25.0 Å². The molecule has 0 atom stereocenters. The summed E-state index contributed by atoms with van der Waals surface area (Å²) in [6.45, 7) is -0.189. The van der Waals surface area contributed by atoms with Crippen LogP contribution in [0.3, 0.4) is 0 Å². The number of halogens is 3. The van der Waals surface area contributed by atoms with E-state index in [0.717, 1.165) is 25.0 Å². The van der Waals surface area contributed by atoms with Gasteiger partial charge in [-0.25, -0.2) is 13.6 Å². The van der Waals surface area contributed by atoms with E-state index in [0.29, 0.717) is 12.8 Å². The van der Waals surface area contributed by atoms with E-state index >= 15 is 0 Å². The molecule has 3 N–H and O–H groups in total. The summed E-state index contributed by atoms with van der Waals surface area (Å²) in [6.07, 6.45) is 3.12. The molecule has 0 radical (unpaired) electrons. The molecule has 110 valence electrons. The van der Waals surface area contributed by atoms with Gasteiger partial charge >= 0.3 is 6.03 Å². The fourth-order valence-electron chi connectivity index (χ4n) is 2.42. The van der Waals surface area contributed by atoms with E-state index in [1.165, 1.54) is 0 Å². The van der Waals surface area contributed by atoms with Crippen LogP contribution in [0.4, 0.5) is 19.3 Å². The third kappa shape index (κ3) is 3.27. The van der Waals surface area contributed by atoms with Crippen LogP contribution in [0.25, 0.3) is 0 Å². The lowest BCUT2D eigenvalue weighted by molar-refractivity contribution is 0.167. The molecule has 1 aliphatic carbocycles. The molecule has 7 heteroatoms. The Hall–Kier alpha value is -1.21. The maximum atomic E-state index is 13.6. The average molecular weight is 349 g/mol. The highest BCUT2D eigenvalue weighted by Gasteiger charge is 2.34. The van der Waals surface area contributed by atoms with Crippen LogP contribution in [0.2, 0.25) is 0 Å². The minimum atomic E-state index is -0.864. The van der Waals surface area contributed by atoms with Gasteiger partial charge in [0.05, 0.1) is 12.1 Å². The second kappa shape index (κ2) is 6.05. The normalized spacial score (nSPS) is 17.0. The lowest BCUT2D eigenvalue weighted by atomic mass is 9.99. The molecule has 0 spiro atoms. The number of aliphatic hydroxyl groups is 1. The lowest BCUT2D eigenvalue weighted by Crippen LogP contribution is -2.50. The maximum absolute atomic E-state index is 13.6. The monoisotopic (exact) mass is 348 g/mol. The van der Waals surface area contributed by atoms with E-state index in [1.807, 2.05) is 0 Å². The van der Waals surface area contributed by atoms with Gasteiger partial charge in [0.2, 0.25) is 0 Å². The molecule has 0 saturated heterocycles. The summed E-state index contributed by atoms with van der Waals surface area (Å²) in [6, 6.07) is 1.41. The number of amides is 2. The second-order valence-electron chi connectivity index (χ2n) is 4.97. The first-order valence-corrected chi connectivity index (χ1v) is 7.10. The zero-order chi connectivity index (χ0) is 14.8. The number of carbonyl (C=O) groups excluding carboxylic acids is 1. The molecule has 1 aliphatic rings. The summed E-state index contributed by atoms with van der Waals surface area (Å²) in [4.78, 5) is 11.8. The molecule has 0 unspecified atom stereocenters. The third-order valence-electron chi connectivity index (χ3n) is 3.49. The van der Waals surface area contributed by atoms with Gasteiger partial charge in [0.15, 0.2) is 11.6 Å². The molecule has 0 heterocycles. The summed E-state index contributed by atoms with van der Waals surface area (Å²) >= 11 is 2.96. The number of hydrogen-bond donors (Lipinski definition) is 3. The zero-order valence-electron chi connectivity index (χ0n) is 10.7. The van der Waals surface area contributed by atoms with E-state index < -0.39 is 28.9 Å². The van der Waals surface area contributed by atoms with Gasteiger partial charge in [0.25, 0.3) is 0 Å². The Balaban J connectivity index is 2.08. The van der Waals surface area contributed by atoms with Crippen LogP contribution in [-0.2, 0) is 0 Å². The predicted molar refractivity (Wildman–Crippen MR) is 74.5 cm³/mol. The van der Waals surface area contributed by atoms with E-state index in [1.54, 1.807) is 0 Å². The number of urea groups is 1. The highest BCUT2D eigenvalue weighted by atomic mass is 79.9. The van der Waals surface area contributed by atoms with Crippen molar-refractivity contribution in [2.45, 2.75) is 31.2 Å². The molecule has 0 bridgehead atoms. The van der Waals surface area contributed by atoms with Gasteiger partial charge in [-0.2, -0.15) is 0 Å². The van der Waals surface area contributed by atoms with Crippen molar-refractivity contribution >= 4 is 27.6 Å². The van der Waals surface area contributed by atoms with Gasteiger partial charge in [0.1, 0.15) is 5.69 Å². The molecule has 1 aromatic carbocycles. The van der Waals surface area contributed by atoms with Crippen molar-refractivity contribution in [3.8, 4) is 0 Å². The molecule has 20 heavy (non-hydrogen) atoms. The van der Waals surface area contributed by atoms with Crippen LogP contribution >= 0.6 is 15.9 Å². The van der Waals surface area contributed by atoms with E-state index in [-0.39, 0.29) is 11.1 Å². The smallest absolute Gasteiger partial charge is 0.319 e. The summed E-state index contributed by atoms with van der Waals surface area (Å²) < 4.78 is 27.5. The molecule has 1 aromatic rings. The summed E-state index contributed by atoms with van der Waals surface area (Å²) in [5.41, 5.74) is -1.19. The number of carbonyl (C=O) groups is 1. The number of hydrogen-bond acceptors (Lipinski definition) is 2. The van der Waals surface area contributed by atoms with Crippen LogP contribution in [0, 0.1) is 11.6 Å². The number of anilines is 1. The standard InChI is InChI=1S/C13H15BrF2N2O2/c14-8-5-9(15)11(10(16)6-8)17-12(20)18-13(7-19)3-1-2-4-13/h5-6,19H,1-4,7H2,(H2,17,18,20). The minimum absolute atomic E-state index is 0.189. The van der Waals surface area contributed by atoms with Crippen molar-refractivity contribution in [1.29, 1.82) is 0 Å². The van der Waals surface area contributed by atoms with Crippen LogP contribution < -0.4 is 10.6 Å². The predicted octanol–water partition coefficient (Wildman–Crippen LogP) is 3.15. The van der Waals surface area contributed by atoms with Crippen molar-refractivity contribution in [1.82, 2.24) is 5.32 Å². The van der Waals surface area contributed by atoms with Crippen LogP contribution in [0.5, 0.6) is 0 Å². The summed E-state index contributed by atoms with van der Waals surface area (Å²) in [5.74, 6) is -1.73. The number of benzene rings is 1. The quantitative estimate of drug-likeness (QED) is 0.785. The number of rotatable bonds is 3. The molecule has 1 fully saturated rings. The van der Waals surface area contributed by atoms with Crippen molar-refractivity contribution in [3.63, 3.8) is 0 Å². The molecule has 4 nitrogen and oxygen atoms in total. The Bertz CT molecular complexity index is 496. The number of nitrogens with one attached hydrogen (secondary N) is 2. The van der Waals surface area contributed by atoms with E-state index in [9.17, 15) is 18.7 Å². The fraction of sp³-hybridized carbons (Fsp3) is 0.462. The molecular weight excluding hydrogens is 334 g/mol. The number of aliphatic hydroxyl groups excluding tert-OH is 1. The highest BCUT2D eigenvalue weighted by Crippen LogP contribution is 2.29. The second-order valence-corrected chi connectivity index (χ2v) is 5.88. The average Bonchev–Trinajstić information content (AvgIpc) is 2.83. The van der Waals surface area contributed by atoms with Crippen molar-refractivity contribution < 1.29 is 18.7 Å². The first-order chi connectivity index (χ1) is 9.46. The minimum Gasteiger partial charge on any atom is -0.394 e. The van der Waals surface area contributed by atoms with Crippen LogP contribution in [0.15, 0.2) is 16.6 Å². The molecule has 2 rings (SSSR count). The van der Waals surface area contributed by atoms with Crippen molar-refractivity contribution in [2.24, 2.45) is 0 Å². The molecular formula is C13H15BrF2N2O2. The Kier molecular flexibility index (Phi) is 4.59. The third-order valence-corrected chi connectivity index (χ3v) is 3.95. The van der Waals surface area contributed by atoms with Gasteiger partial charge in [0, 0.05) is 4.47 Å². The molecule has 1 saturated carbocycles. The molecule has 2 amide bonds. The maximum Gasteiger partial charge on any atom is 0.319 e. The Labute approximate surface area is 123 Å². The Morgan fingerprint density at radius 3 is 2.35 bits per heavy atom. The van der Waals surface area contributed by atoms with Gasteiger partial charge in [-0.1, -0.05) is 28.8 Å². The first-order valence-electron chi connectivity index (χ1n) is 6.30. The van der Waals surface area contributed by atoms with E-state index in [4.69, 9.17) is 0 Å². The summed E-state index contributed by atoms with van der Waals surface area (Å²) in [7, 11) is 0. The largest absolute Gasteiger partial charge is 0.394 e. The molecule has 0 aliphatic heterocycles. The van der Waals surface area contributed by atoms with Crippen molar-refractivity contribution in [2.75, 3.05) is 11.9 Å². The van der Waals surface area contributed by atoms with Crippen LogP contribution in [-0.4, -0.2) is 23.3 Å². The topological polar surface area (TPSA) is 61.4 Å². The Morgan fingerprint density at radius 2 is 1.85 bits per heavy atom. The highest BCUT2D eigenvalue weighted by molar-refractivity contribution is 9.10. The Morgan fingerprint density at radius 1 is 1.30 bits per heavy atom. The van der Waals surface area contributed by atoms with Gasteiger partial charge in [-0.15, -0.1) is 0 Å². The van der Waals surface area contributed by atoms with Gasteiger partial charge in [-0.3, -0.25) is 0 Å². The van der Waals surface area contributed by atoms with Gasteiger partial charge < -0.3 is 15.7 Å². The summed E-state index contributed by atoms with van der Waals surface area (Å²) in [5, 5.41) is 14.2. The zero-order valence-corrected chi connectivity index (χ0v) is 12.3.